The van der Waals surface area contributed by atoms with Crippen LogP contribution in [0.15, 0.2) is 0 Å². The maximum absolute atomic E-state index is 12.7. The fraction of sp³-hybridized carbons (Fsp3) is 1.00. The van der Waals surface area contributed by atoms with E-state index in [1.165, 1.54) is 32.1 Å². The summed E-state index contributed by atoms with van der Waals surface area (Å²) in [5.41, 5.74) is 0. The molecule has 1 saturated carbocycles. The van der Waals surface area contributed by atoms with Crippen molar-refractivity contribution >= 4 is 0 Å². The third-order valence-electron chi connectivity index (χ3n) is 5.09. The number of nitrogens with one attached hydrogen (secondary N) is 1. The summed E-state index contributed by atoms with van der Waals surface area (Å²) in [5, 5.41) is 3.59. The van der Waals surface area contributed by atoms with Gasteiger partial charge in [-0.15, -0.1) is 0 Å². The van der Waals surface area contributed by atoms with Crippen molar-refractivity contribution < 1.29 is 13.2 Å². The molecule has 1 aliphatic heterocycles. The van der Waals surface area contributed by atoms with Gasteiger partial charge in [-0.2, -0.15) is 13.2 Å². The molecule has 1 N–H and O–H groups in total. The number of hydrogen-bond acceptors (Lipinski definition) is 2. The first kappa shape index (κ1) is 18.1. The van der Waals surface area contributed by atoms with Crippen LogP contribution < -0.4 is 5.32 Å². The Morgan fingerprint density at radius 3 is 2.41 bits per heavy atom. The monoisotopic (exact) mass is 320 g/mol. The molecule has 0 aromatic heterocycles. The molecular weight excluding hydrogens is 289 g/mol. The zero-order valence-electron chi connectivity index (χ0n) is 13.8. The second kappa shape index (κ2) is 8.53. The lowest BCUT2D eigenvalue weighted by Gasteiger charge is -2.39. The van der Waals surface area contributed by atoms with Crippen molar-refractivity contribution in [3.05, 3.63) is 0 Å². The van der Waals surface area contributed by atoms with Gasteiger partial charge in [0.15, 0.2) is 0 Å². The summed E-state index contributed by atoms with van der Waals surface area (Å²) >= 11 is 0. The maximum atomic E-state index is 12.7. The van der Waals surface area contributed by atoms with Crippen LogP contribution in [0.5, 0.6) is 0 Å². The molecule has 0 amide bonds. The van der Waals surface area contributed by atoms with Crippen LogP contribution in [0.25, 0.3) is 0 Å². The second-order valence-corrected chi connectivity index (χ2v) is 7.29. The summed E-state index contributed by atoms with van der Waals surface area (Å²) in [7, 11) is 0. The summed E-state index contributed by atoms with van der Waals surface area (Å²) < 4.78 is 38.2. The molecular formula is C17H31F3N2. The molecule has 0 radical (unpaired) electrons. The maximum Gasteiger partial charge on any atom is 0.389 e. The summed E-state index contributed by atoms with van der Waals surface area (Å²) in [6.45, 7) is 5.51. The van der Waals surface area contributed by atoms with Gasteiger partial charge in [0.05, 0.1) is 0 Å². The Kier molecular flexibility index (Phi) is 7.00. The second-order valence-electron chi connectivity index (χ2n) is 7.29. The van der Waals surface area contributed by atoms with E-state index in [1.807, 2.05) is 0 Å². The molecule has 0 spiro atoms. The van der Waals surface area contributed by atoms with E-state index in [1.54, 1.807) is 0 Å². The fourth-order valence-electron chi connectivity index (χ4n) is 4.15. The first-order valence-corrected chi connectivity index (χ1v) is 8.98. The van der Waals surface area contributed by atoms with Gasteiger partial charge < -0.3 is 10.2 Å². The largest absolute Gasteiger partial charge is 0.389 e. The van der Waals surface area contributed by atoms with E-state index in [0.717, 1.165) is 32.0 Å². The van der Waals surface area contributed by atoms with E-state index in [4.69, 9.17) is 0 Å². The summed E-state index contributed by atoms with van der Waals surface area (Å²) in [6, 6.07) is 0.231. The molecule has 2 nitrogen and oxygen atoms in total. The standard InChI is InChI=1S/C17H31F3N2/c1-2-8-22-12-15(10-17(18,19)20)9-16(13-22)21-11-14-6-4-3-5-7-14/h14-16,21H,2-13H2,1H3. The molecule has 1 heterocycles. The minimum Gasteiger partial charge on any atom is -0.312 e. The van der Waals surface area contributed by atoms with Crippen LogP contribution in [0.1, 0.15) is 58.3 Å². The predicted molar refractivity (Wildman–Crippen MR) is 83.9 cm³/mol. The first-order chi connectivity index (χ1) is 10.5. The molecule has 22 heavy (non-hydrogen) atoms. The Bertz CT molecular complexity index is 314. The summed E-state index contributed by atoms with van der Waals surface area (Å²) in [5.74, 6) is 0.487. The molecule has 5 heteroatoms. The molecule has 0 aromatic rings. The Hall–Kier alpha value is -0.290. The molecule has 1 saturated heterocycles. The lowest BCUT2D eigenvalue weighted by atomic mass is 9.87. The molecule has 1 aliphatic carbocycles. The van der Waals surface area contributed by atoms with Gasteiger partial charge in [0.2, 0.25) is 0 Å². The quantitative estimate of drug-likeness (QED) is 0.789. The first-order valence-electron chi connectivity index (χ1n) is 8.98. The van der Waals surface area contributed by atoms with Gasteiger partial charge in [0.25, 0.3) is 0 Å². The van der Waals surface area contributed by atoms with Gasteiger partial charge in [0.1, 0.15) is 0 Å². The van der Waals surface area contributed by atoms with E-state index in [0.29, 0.717) is 13.0 Å². The lowest BCUT2D eigenvalue weighted by molar-refractivity contribution is -0.148. The van der Waals surface area contributed by atoms with Crippen molar-refractivity contribution in [3.63, 3.8) is 0 Å². The smallest absolute Gasteiger partial charge is 0.312 e. The third kappa shape index (κ3) is 6.45. The zero-order chi connectivity index (χ0) is 16.0. The summed E-state index contributed by atoms with van der Waals surface area (Å²) in [6.07, 6.45) is 3.56. The topological polar surface area (TPSA) is 15.3 Å². The highest BCUT2D eigenvalue weighted by Gasteiger charge is 2.36. The number of nitrogens with zero attached hydrogens (tertiary/aromatic N) is 1. The highest BCUT2D eigenvalue weighted by Crippen LogP contribution is 2.31. The molecule has 130 valence electrons. The van der Waals surface area contributed by atoms with Gasteiger partial charge in [-0.25, -0.2) is 0 Å². The minimum atomic E-state index is -4.03. The fourth-order valence-corrected chi connectivity index (χ4v) is 4.15. The van der Waals surface area contributed by atoms with Crippen molar-refractivity contribution in [2.45, 2.75) is 70.5 Å². The van der Waals surface area contributed by atoms with Gasteiger partial charge in [-0.05, 0) is 50.6 Å². The molecule has 2 rings (SSSR count). The minimum absolute atomic E-state index is 0.231. The van der Waals surface area contributed by atoms with Crippen molar-refractivity contribution in [1.29, 1.82) is 0 Å². The Labute approximate surface area is 132 Å². The van der Waals surface area contributed by atoms with Crippen LogP contribution >= 0.6 is 0 Å². The third-order valence-corrected chi connectivity index (χ3v) is 5.09. The van der Waals surface area contributed by atoms with Crippen molar-refractivity contribution in [2.24, 2.45) is 11.8 Å². The lowest BCUT2D eigenvalue weighted by Crippen LogP contribution is -2.51. The van der Waals surface area contributed by atoms with Crippen molar-refractivity contribution in [1.82, 2.24) is 10.2 Å². The number of halogens is 3. The van der Waals surface area contributed by atoms with Gasteiger partial charge in [-0.3, -0.25) is 0 Å². The van der Waals surface area contributed by atoms with E-state index >= 15 is 0 Å². The Morgan fingerprint density at radius 2 is 1.77 bits per heavy atom. The van der Waals surface area contributed by atoms with Gasteiger partial charge in [0, 0.05) is 25.6 Å². The number of piperidine rings is 1. The Balaban J connectivity index is 1.82. The van der Waals surface area contributed by atoms with Crippen molar-refractivity contribution in [3.8, 4) is 0 Å². The number of hydrogen-bond donors (Lipinski definition) is 1. The summed E-state index contributed by atoms with van der Waals surface area (Å²) in [4.78, 5) is 2.22. The number of alkyl halides is 3. The Morgan fingerprint density at radius 1 is 1.05 bits per heavy atom. The molecule has 2 unspecified atom stereocenters. The molecule has 0 bridgehead atoms. The highest BCUT2D eigenvalue weighted by atomic mass is 19.4. The van der Waals surface area contributed by atoms with Gasteiger partial charge in [-0.1, -0.05) is 26.2 Å². The van der Waals surface area contributed by atoms with E-state index < -0.39 is 12.6 Å². The number of rotatable bonds is 6. The van der Waals surface area contributed by atoms with Crippen LogP contribution in [0.4, 0.5) is 13.2 Å². The SMILES string of the molecule is CCCN1CC(CC(F)(F)F)CC(NCC2CCCCC2)C1. The van der Waals surface area contributed by atoms with Gasteiger partial charge >= 0.3 is 6.18 Å². The van der Waals surface area contributed by atoms with Crippen LogP contribution in [0, 0.1) is 11.8 Å². The zero-order valence-corrected chi connectivity index (χ0v) is 13.8. The van der Waals surface area contributed by atoms with E-state index in [9.17, 15) is 13.2 Å². The normalized spacial score (nSPS) is 28.9. The number of likely N-dealkylation sites (tertiary alicyclic amines) is 1. The highest BCUT2D eigenvalue weighted by molar-refractivity contribution is 4.85. The molecule has 2 aliphatic rings. The molecule has 2 fully saturated rings. The van der Waals surface area contributed by atoms with Crippen LogP contribution in [0.2, 0.25) is 0 Å². The van der Waals surface area contributed by atoms with Crippen LogP contribution in [0.3, 0.4) is 0 Å². The molecule has 2 atom stereocenters. The average molecular weight is 320 g/mol. The predicted octanol–water partition coefficient (Wildman–Crippen LogP) is 4.21. The average Bonchev–Trinajstić information content (AvgIpc) is 2.44. The van der Waals surface area contributed by atoms with Crippen LogP contribution in [-0.2, 0) is 0 Å². The van der Waals surface area contributed by atoms with Crippen molar-refractivity contribution in [2.75, 3.05) is 26.2 Å². The molecule has 0 aromatic carbocycles. The van der Waals surface area contributed by atoms with Crippen LogP contribution in [-0.4, -0.2) is 43.3 Å². The van der Waals surface area contributed by atoms with E-state index in [2.05, 4.69) is 17.1 Å². The van der Waals surface area contributed by atoms with E-state index in [-0.39, 0.29) is 12.0 Å².